The highest BCUT2D eigenvalue weighted by molar-refractivity contribution is 5.82. The second-order valence-corrected chi connectivity index (χ2v) is 6.93. The van der Waals surface area contributed by atoms with Crippen molar-refractivity contribution >= 4 is 5.91 Å². The Balaban J connectivity index is 1.78. The van der Waals surface area contributed by atoms with Crippen LogP contribution in [-0.2, 0) is 4.79 Å². The average Bonchev–Trinajstić information content (AvgIpc) is 2.90. The van der Waals surface area contributed by atoms with Crippen LogP contribution in [0.1, 0.15) is 39.5 Å². The van der Waals surface area contributed by atoms with Crippen LogP contribution < -0.4 is 10.6 Å². The number of nitrogens with zero attached hydrogens (tertiary/aromatic N) is 1. The first-order valence-corrected chi connectivity index (χ1v) is 7.69. The van der Waals surface area contributed by atoms with Crippen LogP contribution in [0.3, 0.4) is 0 Å². The standard InChI is InChI=1S/C15H29N3O/c1-15(2,12-6-9-18(3)10-7-12)11-17-14(19)13-5-4-8-16-13/h12-13,16H,4-11H2,1-3H3,(H,17,19). The van der Waals surface area contributed by atoms with Crippen LogP contribution in [0.2, 0.25) is 0 Å². The van der Waals surface area contributed by atoms with Gasteiger partial charge < -0.3 is 15.5 Å². The molecule has 4 heteroatoms. The molecule has 2 N–H and O–H groups in total. The van der Waals surface area contributed by atoms with E-state index in [9.17, 15) is 4.79 Å². The van der Waals surface area contributed by atoms with E-state index in [-0.39, 0.29) is 17.4 Å². The highest BCUT2D eigenvalue weighted by atomic mass is 16.2. The summed E-state index contributed by atoms with van der Waals surface area (Å²) in [6.07, 6.45) is 4.61. The maximum Gasteiger partial charge on any atom is 0.237 e. The van der Waals surface area contributed by atoms with Crippen molar-refractivity contribution in [3.05, 3.63) is 0 Å². The minimum Gasteiger partial charge on any atom is -0.354 e. The predicted octanol–water partition coefficient (Wildman–Crippen LogP) is 1.22. The molecule has 19 heavy (non-hydrogen) atoms. The first-order chi connectivity index (χ1) is 8.99. The van der Waals surface area contributed by atoms with E-state index in [4.69, 9.17) is 0 Å². The van der Waals surface area contributed by atoms with Crippen molar-refractivity contribution in [1.82, 2.24) is 15.5 Å². The molecule has 4 nitrogen and oxygen atoms in total. The van der Waals surface area contributed by atoms with Gasteiger partial charge in [-0.1, -0.05) is 13.8 Å². The minimum atomic E-state index is 0.0493. The van der Waals surface area contributed by atoms with Crippen LogP contribution in [0.25, 0.3) is 0 Å². The van der Waals surface area contributed by atoms with Crippen LogP contribution in [-0.4, -0.2) is 50.1 Å². The fraction of sp³-hybridized carbons (Fsp3) is 0.933. The first kappa shape index (κ1) is 14.8. The largest absolute Gasteiger partial charge is 0.354 e. The maximum atomic E-state index is 12.0. The molecule has 1 amide bonds. The second-order valence-electron chi connectivity index (χ2n) is 6.93. The van der Waals surface area contributed by atoms with Gasteiger partial charge in [-0.2, -0.15) is 0 Å². The second kappa shape index (κ2) is 6.23. The van der Waals surface area contributed by atoms with Gasteiger partial charge in [-0.3, -0.25) is 4.79 Å². The van der Waals surface area contributed by atoms with Gasteiger partial charge in [0.15, 0.2) is 0 Å². The van der Waals surface area contributed by atoms with Crippen LogP contribution in [0.5, 0.6) is 0 Å². The zero-order valence-electron chi connectivity index (χ0n) is 12.7. The molecule has 0 aliphatic carbocycles. The van der Waals surface area contributed by atoms with E-state index in [0.717, 1.165) is 31.8 Å². The van der Waals surface area contributed by atoms with E-state index in [0.29, 0.717) is 0 Å². The fourth-order valence-electron chi connectivity index (χ4n) is 3.28. The lowest BCUT2D eigenvalue weighted by Crippen LogP contribution is -2.47. The molecule has 2 heterocycles. The van der Waals surface area contributed by atoms with Gasteiger partial charge in [0.25, 0.3) is 0 Å². The summed E-state index contributed by atoms with van der Waals surface area (Å²) in [5.41, 5.74) is 0.204. The summed E-state index contributed by atoms with van der Waals surface area (Å²) >= 11 is 0. The third-order valence-corrected chi connectivity index (χ3v) is 4.92. The molecule has 2 fully saturated rings. The normalized spacial score (nSPS) is 26.6. The van der Waals surface area contributed by atoms with Gasteiger partial charge in [-0.15, -0.1) is 0 Å². The Kier molecular flexibility index (Phi) is 4.85. The summed E-state index contributed by atoms with van der Waals surface area (Å²) in [7, 11) is 2.19. The summed E-state index contributed by atoms with van der Waals surface area (Å²) in [6.45, 7) is 8.75. The summed E-state index contributed by atoms with van der Waals surface area (Å²) in [5, 5.41) is 6.42. The van der Waals surface area contributed by atoms with Crippen molar-refractivity contribution in [2.45, 2.75) is 45.6 Å². The van der Waals surface area contributed by atoms with E-state index in [2.05, 4.69) is 36.4 Å². The molecule has 2 saturated heterocycles. The molecule has 0 aromatic rings. The highest BCUT2D eigenvalue weighted by Gasteiger charge is 2.33. The lowest BCUT2D eigenvalue weighted by atomic mass is 9.73. The number of hydrogen-bond acceptors (Lipinski definition) is 3. The number of amides is 1. The zero-order valence-corrected chi connectivity index (χ0v) is 12.7. The molecule has 0 bridgehead atoms. The number of carbonyl (C=O) groups excluding carboxylic acids is 1. The minimum absolute atomic E-state index is 0.0493. The Morgan fingerprint density at radius 1 is 1.32 bits per heavy atom. The number of carbonyl (C=O) groups is 1. The predicted molar refractivity (Wildman–Crippen MR) is 78.0 cm³/mol. The molecule has 1 unspecified atom stereocenters. The van der Waals surface area contributed by atoms with Crippen LogP contribution >= 0.6 is 0 Å². The van der Waals surface area contributed by atoms with Crippen molar-refractivity contribution in [2.24, 2.45) is 11.3 Å². The summed E-state index contributed by atoms with van der Waals surface area (Å²) in [4.78, 5) is 14.4. The van der Waals surface area contributed by atoms with Crippen molar-refractivity contribution in [1.29, 1.82) is 0 Å². The van der Waals surface area contributed by atoms with Crippen molar-refractivity contribution in [3.8, 4) is 0 Å². The molecular formula is C15H29N3O. The van der Waals surface area contributed by atoms with E-state index in [1.165, 1.54) is 25.9 Å². The number of hydrogen-bond donors (Lipinski definition) is 2. The lowest BCUT2D eigenvalue weighted by molar-refractivity contribution is -0.123. The Morgan fingerprint density at radius 2 is 2.00 bits per heavy atom. The number of piperidine rings is 1. The molecule has 0 aromatic carbocycles. The van der Waals surface area contributed by atoms with Gasteiger partial charge in [-0.05, 0) is 63.7 Å². The molecule has 2 aliphatic heterocycles. The van der Waals surface area contributed by atoms with Crippen LogP contribution in [0.4, 0.5) is 0 Å². The van der Waals surface area contributed by atoms with Gasteiger partial charge in [-0.25, -0.2) is 0 Å². The lowest BCUT2D eigenvalue weighted by Gasteiger charge is -2.40. The molecule has 1 atom stereocenters. The van der Waals surface area contributed by atoms with Crippen molar-refractivity contribution < 1.29 is 4.79 Å². The molecule has 2 rings (SSSR count). The highest BCUT2D eigenvalue weighted by Crippen LogP contribution is 2.34. The third kappa shape index (κ3) is 3.93. The molecule has 2 aliphatic rings. The topological polar surface area (TPSA) is 44.4 Å². The quantitative estimate of drug-likeness (QED) is 0.805. The Bertz CT molecular complexity index is 303. The van der Waals surface area contributed by atoms with Gasteiger partial charge >= 0.3 is 0 Å². The third-order valence-electron chi connectivity index (χ3n) is 4.92. The molecular weight excluding hydrogens is 238 g/mol. The molecule has 0 aromatic heterocycles. The van der Waals surface area contributed by atoms with Crippen LogP contribution in [0, 0.1) is 11.3 Å². The Hall–Kier alpha value is -0.610. The summed E-state index contributed by atoms with van der Waals surface area (Å²) in [5.74, 6) is 0.916. The number of likely N-dealkylation sites (tertiary alicyclic amines) is 1. The van der Waals surface area contributed by atoms with Crippen LogP contribution in [0.15, 0.2) is 0 Å². The first-order valence-electron chi connectivity index (χ1n) is 7.69. The van der Waals surface area contributed by atoms with Gasteiger partial charge in [0.2, 0.25) is 5.91 Å². The van der Waals surface area contributed by atoms with E-state index in [1.807, 2.05) is 0 Å². The van der Waals surface area contributed by atoms with E-state index < -0.39 is 0 Å². The average molecular weight is 267 g/mol. The van der Waals surface area contributed by atoms with Gasteiger partial charge in [0.05, 0.1) is 6.04 Å². The molecule has 0 spiro atoms. The summed E-state index contributed by atoms with van der Waals surface area (Å²) < 4.78 is 0. The SMILES string of the molecule is CN1CCC(C(C)(C)CNC(=O)C2CCCN2)CC1. The molecule has 110 valence electrons. The number of nitrogens with one attached hydrogen (secondary N) is 2. The van der Waals surface area contributed by atoms with Gasteiger partial charge in [0.1, 0.15) is 0 Å². The maximum absolute atomic E-state index is 12.0. The van der Waals surface area contributed by atoms with E-state index in [1.54, 1.807) is 0 Å². The Morgan fingerprint density at radius 3 is 2.58 bits per heavy atom. The molecule has 0 radical (unpaired) electrons. The smallest absolute Gasteiger partial charge is 0.237 e. The summed E-state index contributed by atoms with van der Waals surface area (Å²) in [6, 6.07) is 0.0493. The number of rotatable bonds is 4. The zero-order chi connectivity index (χ0) is 13.9. The van der Waals surface area contributed by atoms with E-state index >= 15 is 0 Å². The van der Waals surface area contributed by atoms with Gasteiger partial charge in [0, 0.05) is 6.54 Å². The monoisotopic (exact) mass is 267 g/mol. The fourth-order valence-corrected chi connectivity index (χ4v) is 3.28. The molecule has 0 saturated carbocycles. The van der Waals surface area contributed by atoms with Crippen molar-refractivity contribution in [3.63, 3.8) is 0 Å². The Labute approximate surface area is 117 Å². The van der Waals surface area contributed by atoms with Crippen molar-refractivity contribution in [2.75, 3.05) is 33.2 Å².